The molecule has 0 amide bonds. The number of hydrogen-bond acceptors (Lipinski definition) is 3. The van der Waals surface area contributed by atoms with E-state index in [1.165, 1.54) is 31.3 Å². The zero-order chi connectivity index (χ0) is 17.2. The van der Waals surface area contributed by atoms with Crippen LogP contribution in [0, 0.1) is 6.92 Å². The van der Waals surface area contributed by atoms with Crippen LogP contribution < -0.4 is 0 Å². The van der Waals surface area contributed by atoms with Crippen LogP contribution in [-0.2, 0) is 10.0 Å². The quantitative estimate of drug-likeness (QED) is 0.774. The summed E-state index contributed by atoms with van der Waals surface area (Å²) in [7, 11) is -2.36. The van der Waals surface area contributed by atoms with Crippen LogP contribution in [0.3, 0.4) is 0 Å². The smallest absolute Gasteiger partial charge is 0.243 e. The van der Waals surface area contributed by atoms with Gasteiger partial charge in [0, 0.05) is 17.6 Å². The maximum absolute atomic E-state index is 12.6. The summed E-state index contributed by atoms with van der Waals surface area (Å²) in [5.74, 6) is -0.245. The molecule has 0 heterocycles. The first kappa shape index (κ1) is 17.7. The lowest BCUT2D eigenvalue weighted by molar-refractivity contribution is 0.0919. The first-order valence-corrected chi connectivity index (χ1v) is 8.90. The predicted molar refractivity (Wildman–Crippen MR) is 91.4 cm³/mol. The molecule has 0 aromatic heterocycles. The highest BCUT2D eigenvalue weighted by atomic mass is 35.5. The van der Waals surface area contributed by atoms with Gasteiger partial charge in [-0.1, -0.05) is 41.4 Å². The predicted octanol–water partition coefficient (Wildman–Crippen LogP) is 3.54. The molecule has 1 unspecified atom stereocenters. The van der Waals surface area contributed by atoms with Crippen LogP contribution in [0.4, 0.5) is 0 Å². The number of carbonyl (C=O) groups excluding carboxylic acids is 1. The summed E-state index contributed by atoms with van der Waals surface area (Å²) in [4.78, 5) is 12.6. The minimum Gasteiger partial charge on any atom is -0.292 e. The Hall–Kier alpha value is -1.69. The minimum absolute atomic E-state index is 0.105. The molecule has 0 aliphatic carbocycles. The third kappa shape index (κ3) is 3.80. The Morgan fingerprint density at radius 3 is 2.09 bits per heavy atom. The van der Waals surface area contributed by atoms with Gasteiger partial charge in [0.25, 0.3) is 0 Å². The second-order valence-electron chi connectivity index (χ2n) is 5.38. The maximum Gasteiger partial charge on any atom is 0.243 e. The number of ketones is 1. The van der Waals surface area contributed by atoms with Crippen molar-refractivity contribution in [2.45, 2.75) is 24.8 Å². The molecule has 1 atom stereocenters. The van der Waals surface area contributed by atoms with Crippen LogP contribution >= 0.6 is 11.6 Å². The van der Waals surface area contributed by atoms with Crippen molar-refractivity contribution in [1.82, 2.24) is 4.31 Å². The van der Waals surface area contributed by atoms with Gasteiger partial charge in [-0.15, -0.1) is 0 Å². The van der Waals surface area contributed by atoms with Gasteiger partial charge in [0.2, 0.25) is 10.0 Å². The Morgan fingerprint density at radius 1 is 1.04 bits per heavy atom. The lowest BCUT2D eigenvalue weighted by Gasteiger charge is -2.23. The van der Waals surface area contributed by atoms with E-state index in [0.717, 1.165) is 9.87 Å². The summed E-state index contributed by atoms with van der Waals surface area (Å²) in [5.41, 5.74) is 1.53. The number of likely N-dealkylation sites (N-methyl/N-ethyl adjacent to an activating group) is 1. The molecule has 2 rings (SSSR count). The largest absolute Gasteiger partial charge is 0.292 e. The van der Waals surface area contributed by atoms with Crippen molar-refractivity contribution in [2.75, 3.05) is 7.05 Å². The highest BCUT2D eigenvalue weighted by molar-refractivity contribution is 7.89. The van der Waals surface area contributed by atoms with Gasteiger partial charge in [-0.05, 0) is 38.1 Å². The molecular formula is C17H18ClNO3S. The van der Waals surface area contributed by atoms with Gasteiger partial charge in [-0.3, -0.25) is 4.79 Å². The molecule has 0 spiro atoms. The van der Waals surface area contributed by atoms with Crippen LogP contribution in [0.15, 0.2) is 53.4 Å². The van der Waals surface area contributed by atoms with Gasteiger partial charge < -0.3 is 0 Å². The second-order valence-corrected chi connectivity index (χ2v) is 7.82. The summed E-state index contributed by atoms with van der Waals surface area (Å²) in [6, 6.07) is 12.1. The summed E-state index contributed by atoms with van der Waals surface area (Å²) in [5, 5.41) is 0.454. The van der Waals surface area contributed by atoms with E-state index < -0.39 is 16.1 Å². The van der Waals surface area contributed by atoms with Gasteiger partial charge >= 0.3 is 0 Å². The lowest BCUT2D eigenvalue weighted by Crippen LogP contribution is -2.40. The number of nitrogens with zero attached hydrogens (tertiary/aromatic N) is 1. The molecule has 2 aromatic rings. The van der Waals surface area contributed by atoms with Crippen molar-refractivity contribution >= 4 is 27.4 Å². The van der Waals surface area contributed by atoms with E-state index in [1.54, 1.807) is 19.1 Å². The number of aryl methyl sites for hydroxylation is 1. The van der Waals surface area contributed by atoms with Gasteiger partial charge in [0.1, 0.15) is 0 Å². The van der Waals surface area contributed by atoms with E-state index in [2.05, 4.69) is 0 Å². The number of rotatable bonds is 5. The summed E-state index contributed by atoms with van der Waals surface area (Å²) < 4.78 is 26.3. The van der Waals surface area contributed by atoms with Crippen molar-refractivity contribution in [1.29, 1.82) is 0 Å². The molecule has 0 aliphatic rings. The van der Waals surface area contributed by atoms with E-state index in [4.69, 9.17) is 11.6 Å². The summed E-state index contributed by atoms with van der Waals surface area (Å²) in [6.45, 7) is 3.50. The molecule has 6 heteroatoms. The van der Waals surface area contributed by atoms with Gasteiger partial charge in [0.05, 0.1) is 10.9 Å². The normalized spacial score (nSPS) is 13.1. The maximum atomic E-state index is 12.6. The van der Waals surface area contributed by atoms with Crippen molar-refractivity contribution in [3.8, 4) is 0 Å². The average Bonchev–Trinajstić information content (AvgIpc) is 2.54. The Morgan fingerprint density at radius 2 is 1.57 bits per heavy atom. The summed E-state index contributed by atoms with van der Waals surface area (Å²) in [6.07, 6.45) is 0. The van der Waals surface area contributed by atoms with E-state index >= 15 is 0 Å². The van der Waals surface area contributed by atoms with Crippen LogP contribution in [0.2, 0.25) is 5.02 Å². The van der Waals surface area contributed by atoms with Gasteiger partial charge in [0.15, 0.2) is 5.78 Å². The van der Waals surface area contributed by atoms with Crippen molar-refractivity contribution < 1.29 is 13.2 Å². The molecule has 0 radical (unpaired) electrons. The first-order chi connectivity index (χ1) is 10.7. The lowest BCUT2D eigenvalue weighted by atomic mass is 10.0. The van der Waals surface area contributed by atoms with Crippen molar-refractivity contribution in [3.63, 3.8) is 0 Å². The standard InChI is InChI=1S/C17H18ClNO3S/c1-12-4-6-14(7-5-12)17(20)13(2)19(3)23(21,22)16-10-8-15(18)9-11-16/h4-11,13H,1-3H3. The highest BCUT2D eigenvalue weighted by Gasteiger charge is 2.30. The molecule has 122 valence electrons. The third-order valence-electron chi connectivity index (χ3n) is 3.75. The SMILES string of the molecule is Cc1ccc(C(=O)C(C)N(C)S(=O)(=O)c2ccc(Cl)cc2)cc1. The van der Waals surface area contributed by atoms with Crippen molar-refractivity contribution in [2.24, 2.45) is 0 Å². The molecule has 0 N–H and O–H groups in total. The number of halogens is 1. The van der Waals surface area contributed by atoms with Crippen LogP contribution in [0.5, 0.6) is 0 Å². The monoisotopic (exact) mass is 351 g/mol. The molecule has 0 aliphatic heterocycles. The fourth-order valence-corrected chi connectivity index (χ4v) is 3.56. The Balaban J connectivity index is 2.27. The molecule has 23 heavy (non-hydrogen) atoms. The Labute approximate surface area is 141 Å². The van der Waals surface area contributed by atoms with E-state index in [1.807, 2.05) is 19.1 Å². The third-order valence-corrected chi connectivity index (χ3v) is 5.95. The number of hydrogen-bond donors (Lipinski definition) is 0. The van der Waals surface area contributed by atoms with Crippen LogP contribution in [-0.4, -0.2) is 31.6 Å². The topological polar surface area (TPSA) is 54.5 Å². The molecular weight excluding hydrogens is 334 g/mol. The zero-order valence-electron chi connectivity index (χ0n) is 13.2. The van der Waals surface area contributed by atoms with E-state index in [9.17, 15) is 13.2 Å². The van der Waals surface area contributed by atoms with E-state index in [-0.39, 0.29) is 10.7 Å². The number of sulfonamides is 1. The van der Waals surface area contributed by atoms with E-state index in [0.29, 0.717) is 10.6 Å². The Bertz CT molecular complexity index is 799. The van der Waals surface area contributed by atoms with Crippen LogP contribution in [0.25, 0.3) is 0 Å². The zero-order valence-corrected chi connectivity index (χ0v) is 14.7. The molecule has 0 bridgehead atoms. The number of Topliss-reactive ketones (excluding diaryl/α,β-unsaturated/α-hetero) is 1. The van der Waals surface area contributed by atoms with Gasteiger partial charge in [-0.2, -0.15) is 4.31 Å². The van der Waals surface area contributed by atoms with Crippen LogP contribution in [0.1, 0.15) is 22.8 Å². The highest BCUT2D eigenvalue weighted by Crippen LogP contribution is 2.20. The first-order valence-electron chi connectivity index (χ1n) is 7.08. The number of carbonyl (C=O) groups is 1. The molecule has 2 aromatic carbocycles. The molecule has 0 saturated carbocycles. The summed E-state index contributed by atoms with van der Waals surface area (Å²) >= 11 is 5.78. The molecule has 0 fully saturated rings. The average molecular weight is 352 g/mol. The minimum atomic E-state index is -3.76. The number of benzene rings is 2. The van der Waals surface area contributed by atoms with Gasteiger partial charge in [-0.25, -0.2) is 8.42 Å². The molecule has 0 saturated heterocycles. The fraction of sp³-hybridized carbons (Fsp3) is 0.235. The second kappa shape index (κ2) is 6.83. The van der Waals surface area contributed by atoms with Crippen molar-refractivity contribution in [3.05, 3.63) is 64.7 Å². The Kier molecular flexibility index (Phi) is 5.24. The molecule has 4 nitrogen and oxygen atoms in total. The fourth-order valence-electron chi connectivity index (χ4n) is 2.11.